The zero-order valence-electron chi connectivity index (χ0n) is 34.9. The van der Waals surface area contributed by atoms with Gasteiger partial charge in [0.1, 0.15) is 0 Å². The lowest BCUT2D eigenvalue weighted by atomic mass is 9.68. The largest absolute Gasteiger partial charge is 0.298 e. The van der Waals surface area contributed by atoms with Crippen molar-refractivity contribution in [3.05, 3.63) is 137 Å². The fourth-order valence-electron chi connectivity index (χ4n) is 9.40. The predicted molar refractivity (Wildman–Crippen MR) is 248 cm³/mol. The highest BCUT2D eigenvalue weighted by Gasteiger charge is 2.47. The Morgan fingerprint density at radius 1 is 0.651 bits per heavy atom. The van der Waals surface area contributed by atoms with E-state index in [0.29, 0.717) is 11.9 Å². The number of aldehydes is 1. The summed E-state index contributed by atoms with van der Waals surface area (Å²) in [6.07, 6.45) is 14.9. The quantitative estimate of drug-likeness (QED) is 0.0380. The predicted octanol–water partition coefficient (Wildman–Crippen LogP) is 15.3. The summed E-state index contributed by atoms with van der Waals surface area (Å²) in [6, 6.07) is 12.1. The van der Waals surface area contributed by atoms with Crippen molar-refractivity contribution < 1.29 is 36.7 Å². The third-order valence-electron chi connectivity index (χ3n) is 12.6. The normalized spacial score (nSPS) is 15.3. The highest BCUT2D eigenvalue weighted by molar-refractivity contribution is 7.29. The number of unbranched alkanes of at least 4 members (excludes halogenated alkanes) is 2. The van der Waals surface area contributed by atoms with Crippen molar-refractivity contribution in [1.82, 2.24) is 0 Å². The summed E-state index contributed by atoms with van der Waals surface area (Å²) in [5.74, 6) is -6.42. The minimum atomic E-state index is -1.19. The molecule has 6 aromatic rings. The van der Waals surface area contributed by atoms with Gasteiger partial charge in [0.15, 0.2) is 46.9 Å². The smallest absolute Gasteiger partial charge is 0.197 e. The van der Waals surface area contributed by atoms with Crippen LogP contribution in [0.15, 0.2) is 59.7 Å². The molecule has 1 saturated carbocycles. The van der Waals surface area contributed by atoms with Crippen LogP contribution in [0, 0.1) is 23.3 Å². The first-order chi connectivity index (χ1) is 30.3. The zero-order valence-corrected chi connectivity index (χ0v) is 38.2. The van der Waals surface area contributed by atoms with Crippen molar-refractivity contribution in [2.24, 2.45) is 0 Å². The maximum absolute atomic E-state index is 14.2. The minimum Gasteiger partial charge on any atom is -0.298 e. The van der Waals surface area contributed by atoms with E-state index in [1.165, 1.54) is 49.1 Å². The maximum atomic E-state index is 14.2. The standard InChI is InChI=1S/C51H42F4O4S4/c1-4-6-11-27-16-30(15-26(3)44(57)32-20-39(53)38(52)18-29(32)25-56)60-47(27)42-23-36-49(62-42)50-37(51(36)13-9-8-10-14-51)24-43(63-50)48-28(12-7-5-2)17-31(61-48)19-35-45(58)33-21-40(54)41(55)22-34(33)46(35)59/h15-25H,4-14H2,1-3H3/b26-15-. The van der Waals surface area contributed by atoms with Crippen molar-refractivity contribution in [3.8, 4) is 29.3 Å². The van der Waals surface area contributed by atoms with Crippen molar-refractivity contribution in [3.63, 3.8) is 0 Å². The molecule has 0 bridgehead atoms. The molecule has 63 heavy (non-hydrogen) atoms. The van der Waals surface area contributed by atoms with Crippen LogP contribution in [0.25, 0.3) is 41.4 Å². The maximum Gasteiger partial charge on any atom is 0.197 e. The van der Waals surface area contributed by atoms with Gasteiger partial charge >= 0.3 is 0 Å². The molecule has 1 spiro atoms. The van der Waals surface area contributed by atoms with Gasteiger partial charge in [0, 0.05) is 66.7 Å². The minimum absolute atomic E-state index is 0.0852. The van der Waals surface area contributed by atoms with Gasteiger partial charge < -0.3 is 0 Å². The first kappa shape index (κ1) is 43.4. The number of carbonyl (C=O) groups is 4. The SMILES string of the molecule is CCCCc1cc(C=C2C(=O)c3cc(F)c(F)cc3C2=O)sc1-c1cc2c(s1)-c1sc(-c3sc(/C=C(/C)C(=O)c4cc(F)c(F)cc4C=O)cc3CCCC)cc1C21CCCCC1. The second-order valence-corrected chi connectivity index (χ2v) is 21.0. The van der Waals surface area contributed by atoms with E-state index in [-0.39, 0.29) is 33.2 Å². The molecule has 4 heterocycles. The van der Waals surface area contributed by atoms with Crippen LogP contribution >= 0.6 is 45.3 Å². The number of hydrogen-bond acceptors (Lipinski definition) is 8. The zero-order chi connectivity index (χ0) is 44.3. The van der Waals surface area contributed by atoms with Gasteiger partial charge in [-0.25, -0.2) is 17.6 Å². The molecule has 0 saturated heterocycles. The lowest BCUT2D eigenvalue weighted by Crippen LogP contribution is -2.27. The van der Waals surface area contributed by atoms with E-state index in [4.69, 9.17) is 0 Å². The fraction of sp³-hybridized carbons (Fsp3) is 0.294. The summed E-state index contributed by atoms with van der Waals surface area (Å²) >= 11 is 6.75. The molecular weight excluding hydrogens is 881 g/mol. The number of fused-ring (bicyclic) bond motifs is 6. The van der Waals surface area contributed by atoms with Crippen LogP contribution in [0.3, 0.4) is 0 Å². The van der Waals surface area contributed by atoms with Gasteiger partial charge in [-0.15, -0.1) is 45.3 Å². The summed E-state index contributed by atoms with van der Waals surface area (Å²) in [5.41, 5.74) is 4.59. The Bertz CT molecular complexity index is 2910. The van der Waals surface area contributed by atoms with Crippen LogP contribution in [0.2, 0.25) is 0 Å². The number of allylic oxidation sites excluding steroid dienone is 2. The van der Waals surface area contributed by atoms with Crippen molar-refractivity contribution in [2.75, 3.05) is 0 Å². The Kier molecular flexibility index (Phi) is 11.9. The van der Waals surface area contributed by atoms with Crippen LogP contribution in [0.1, 0.15) is 152 Å². The Morgan fingerprint density at radius 3 is 1.70 bits per heavy atom. The monoisotopic (exact) mass is 922 g/mol. The lowest BCUT2D eigenvalue weighted by molar-refractivity contribution is 0.0987. The lowest BCUT2D eigenvalue weighted by Gasteiger charge is -2.34. The van der Waals surface area contributed by atoms with E-state index in [1.807, 2.05) is 11.3 Å². The van der Waals surface area contributed by atoms with Crippen LogP contribution < -0.4 is 0 Å². The van der Waals surface area contributed by atoms with Crippen LogP contribution in [0.4, 0.5) is 17.6 Å². The van der Waals surface area contributed by atoms with Crippen LogP contribution in [-0.4, -0.2) is 23.6 Å². The Hall–Kier alpha value is -4.88. The number of benzene rings is 2. The summed E-state index contributed by atoms with van der Waals surface area (Å²) in [4.78, 5) is 60.6. The molecule has 322 valence electrons. The van der Waals surface area contributed by atoms with Gasteiger partial charge in [-0.1, -0.05) is 46.0 Å². The molecule has 4 aromatic heterocycles. The number of aryl methyl sites for hydroxylation is 2. The molecule has 12 heteroatoms. The molecule has 0 aliphatic heterocycles. The number of halogens is 4. The van der Waals surface area contributed by atoms with Gasteiger partial charge in [-0.3, -0.25) is 19.2 Å². The molecule has 0 radical (unpaired) electrons. The van der Waals surface area contributed by atoms with Crippen molar-refractivity contribution in [1.29, 1.82) is 0 Å². The number of ketones is 3. The van der Waals surface area contributed by atoms with E-state index in [0.717, 1.165) is 118 Å². The Morgan fingerprint density at radius 2 is 1.16 bits per heavy atom. The van der Waals surface area contributed by atoms with Gasteiger partial charge in [0.25, 0.3) is 0 Å². The molecule has 0 unspecified atom stereocenters. The van der Waals surface area contributed by atoms with Crippen molar-refractivity contribution in [2.45, 2.75) is 96.8 Å². The van der Waals surface area contributed by atoms with E-state index in [2.05, 4.69) is 38.1 Å². The molecule has 3 aliphatic carbocycles. The van der Waals surface area contributed by atoms with E-state index < -0.39 is 40.6 Å². The second kappa shape index (κ2) is 17.3. The molecule has 0 atom stereocenters. The van der Waals surface area contributed by atoms with Gasteiger partial charge in [0.2, 0.25) is 0 Å². The number of rotatable bonds is 13. The average Bonchev–Trinajstić information content (AvgIpc) is 4.13. The molecular formula is C51H42F4O4S4. The third kappa shape index (κ3) is 7.60. The van der Waals surface area contributed by atoms with Crippen LogP contribution in [-0.2, 0) is 18.3 Å². The third-order valence-corrected chi connectivity index (χ3v) is 17.7. The molecule has 1 fully saturated rings. The summed E-state index contributed by atoms with van der Waals surface area (Å²) in [6.45, 7) is 5.93. The molecule has 0 N–H and O–H groups in total. The highest BCUT2D eigenvalue weighted by Crippen LogP contribution is 2.63. The van der Waals surface area contributed by atoms with Crippen molar-refractivity contribution >= 4 is 81.1 Å². The summed E-state index contributed by atoms with van der Waals surface area (Å²) in [5, 5.41) is 0. The molecule has 3 aliphatic rings. The van der Waals surface area contributed by atoms with Gasteiger partial charge in [-0.05, 0) is 134 Å². The molecule has 9 rings (SSSR count). The van der Waals surface area contributed by atoms with Gasteiger partial charge in [0.05, 0.1) is 5.57 Å². The summed E-state index contributed by atoms with van der Waals surface area (Å²) in [7, 11) is 0. The number of hydrogen-bond donors (Lipinski definition) is 0. The second-order valence-electron chi connectivity index (χ2n) is 16.7. The molecule has 2 aromatic carbocycles. The topological polar surface area (TPSA) is 68.3 Å². The first-order valence-corrected chi connectivity index (χ1v) is 24.6. The van der Waals surface area contributed by atoms with Gasteiger partial charge in [-0.2, -0.15) is 0 Å². The summed E-state index contributed by atoms with van der Waals surface area (Å²) < 4.78 is 56.3. The number of carbonyl (C=O) groups excluding carboxylic acids is 4. The number of Topliss-reactive ketones (excluding diaryl/α,β-unsaturated/α-hetero) is 3. The van der Waals surface area contributed by atoms with Crippen LogP contribution in [0.5, 0.6) is 0 Å². The average molecular weight is 923 g/mol. The number of thiophene rings is 4. The molecule has 0 amide bonds. The first-order valence-electron chi connectivity index (χ1n) is 21.4. The molecule has 4 nitrogen and oxygen atoms in total. The highest BCUT2D eigenvalue weighted by atomic mass is 32.1. The fourth-order valence-corrected chi connectivity index (χ4v) is 14.7. The van der Waals surface area contributed by atoms with E-state index in [1.54, 1.807) is 41.7 Å². The van der Waals surface area contributed by atoms with E-state index in [9.17, 15) is 36.7 Å². The van der Waals surface area contributed by atoms with E-state index >= 15 is 0 Å². The Balaban J connectivity index is 1.10. The Labute approximate surface area is 379 Å².